The minimum atomic E-state index is -0.194. The third-order valence-electron chi connectivity index (χ3n) is 4.98. The number of carbonyl (C=O) groups excluding carboxylic acids is 1. The first-order chi connectivity index (χ1) is 14.3. The summed E-state index contributed by atoms with van der Waals surface area (Å²) >= 11 is 0. The molecule has 1 aliphatic rings. The first kappa shape index (κ1) is 18.9. The number of rotatable bonds is 7. The number of nitrogens with one attached hydrogen (secondary N) is 2. The molecule has 0 unspecified atom stereocenters. The minimum absolute atomic E-state index is 0.194. The molecule has 2 amide bonds. The molecule has 8 nitrogen and oxygen atoms in total. The molecule has 0 radical (unpaired) electrons. The lowest BCUT2D eigenvalue weighted by atomic mass is 10.1. The number of hydrogen-bond acceptors (Lipinski definition) is 5. The highest BCUT2D eigenvalue weighted by Crippen LogP contribution is 2.17. The van der Waals surface area contributed by atoms with Crippen LogP contribution >= 0.6 is 0 Å². The normalized spacial score (nSPS) is 13.4. The van der Waals surface area contributed by atoms with Gasteiger partial charge in [0.1, 0.15) is 18.5 Å². The number of carbonyl (C=O) groups is 1. The van der Waals surface area contributed by atoms with Gasteiger partial charge in [0.05, 0.1) is 6.54 Å². The van der Waals surface area contributed by atoms with E-state index in [1.807, 2.05) is 42.6 Å². The summed E-state index contributed by atoms with van der Waals surface area (Å²) in [6.45, 7) is 3.76. The van der Waals surface area contributed by atoms with E-state index in [4.69, 9.17) is 0 Å². The van der Waals surface area contributed by atoms with Crippen molar-refractivity contribution in [2.45, 2.75) is 32.5 Å². The van der Waals surface area contributed by atoms with Crippen molar-refractivity contribution in [3.05, 3.63) is 71.9 Å². The number of pyridine rings is 1. The Hall–Kier alpha value is -3.42. The lowest BCUT2D eigenvalue weighted by molar-refractivity contribution is 0.240. The van der Waals surface area contributed by atoms with E-state index in [1.165, 1.54) is 19.2 Å². The average molecular weight is 391 g/mol. The molecule has 2 aromatic heterocycles. The monoisotopic (exact) mass is 391 g/mol. The van der Waals surface area contributed by atoms with Crippen LogP contribution in [0, 0.1) is 0 Å². The topological polar surface area (TPSA) is 88.0 Å². The van der Waals surface area contributed by atoms with Crippen LogP contribution in [-0.4, -0.2) is 38.9 Å². The Morgan fingerprint density at radius 1 is 0.931 bits per heavy atom. The summed E-state index contributed by atoms with van der Waals surface area (Å²) < 4.78 is 1.77. The zero-order valence-corrected chi connectivity index (χ0v) is 16.3. The molecule has 0 atom stereocenters. The molecule has 0 spiro atoms. The number of nitrogens with zero attached hydrogens (tertiary/aromatic N) is 5. The zero-order valence-electron chi connectivity index (χ0n) is 16.3. The van der Waals surface area contributed by atoms with Crippen molar-refractivity contribution in [3.8, 4) is 0 Å². The van der Waals surface area contributed by atoms with Crippen LogP contribution < -0.4 is 15.5 Å². The van der Waals surface area contributed by atoms with Gasteiger partial charge in [0.15, 0.2) is 0 Å². The fraction of sp³-hybridized carbons (Fsp3) is 0.333. The summed E-state index contributed by atoms with van der Waals surface area (Å²) in [5.41, 5.74) is 3.16. The van der Waals surface area contributed by atoms with E-state index in [0.29, 0.717) is 19.6 Å². The van der Waals surface area contributed by atoms with Crippen molar-refractivity contribution in [3.63, 3.8) is 0 Å². The molecule has 1 fully saturated rings. The van der Waals surface area contributed by atoms with Gasteiger partial charge in [-0.2, -0.15) is 5.10 Å². The molecule has 2 N–H and O–H groups in total. The molecule has 150 valence electrons. The minimum Gasteiger partial charge on any atom is -0.357 e. The fourth-order valence-corrected chi connectivity index (χ4v) is 3.35. The van der Waals surface area contributed by atoms with Crippen LogP contribution in [0.3, 0.4) is 0 Å². The third-order valence-corrected chi connectivity index (χ3v) is 4.98. The summed E-state index contributed by atoms with van der Waals surface area (Å²) in [4.78, 5) is 22.8. The van der Waals surface area contributed by atoms with Crippen LogP contribution in [-0.2, 0) is 19.6 Å². The van der Waals surface area contributed by atoms with Crippen molar-refractivity contribution in [2.24, 2.45) is 0 Å². The van der Waals surface area contributed by atoms with Gasteiger partial charge in [-0.05, 0) is 35.6 Å². The first-order valence-corrected chi connectivity index (χ1v) is 9.88. The van der Waals surface area contributed by atoms with Crippen LogP contribution in [0.1, 0.15) is 29.5 Å². The summed E-state index contributed by atoms with van der Waals surface area (Å²) in [5.74, 6) is 1.02. The molecule has 29 heavy (non-hydrogen) atoms. The lowest BCUT2D eigenvalue weighted by Gasteiger charge is -2.16. The Kier molecular flexibility index (Phi) is 5.99. The Balaban J connectivity index is 1.19. The molecule has 1 aliphatic heterocycles. The zero-order chi connectivity index (χ0) is 19.9. The SMILES string of the molecule is O=C(NCc1ccc(Cn2cncn2)cc1)NCc1ccc(N2CCCC2)nc1. The number of aromatic nitrogens is 4. The smallest absolute Gasteiger partial charge is 0.315 e. The molecular formula is C21H25N7O. The largest absolute Gasteiger partial charge is 0.357 e. The van der Waals surface area contributed by atoms with Crippen LogP contribution in [0.5, 0.6) is 0 Å². The van der Waals surface area contributed by atoms with Gasteiger partial charge in [-0.3, -0.25) is 0 Å². The molecule has 4 rings (SSSR count). The summed E-state index contributed by atoms with van der Waals surface area (Å²) in [6, 6.07) is 11.9. The van der Waals surface area contributed by atoms with Gasteiger partial charge in [0, 0.05) is 32.4 Å². The summed E-state index contributed by atoms with van der Waals surface area (Å²) in [5, 5.41) is 9.86. The van der Waals surface area contributed by atoms with Crippen molar-refractivity contribution in [1.29, 1.82) is 0 Å². The first-order valence-electron chi connectivity index (χ1n) is 9.88. The molecule has 3 aromatic rings. The second-order valence-electron chi connectivity index (χ2n) is 7.16. The van der Waals surface area contributed by atoms with Gasteiger partial charge in [0.25, 0.3) is 0 Å². The fourth-order valence-electron chi connectivity index (χ4n) is 3.35. The Labute approximate surface area is 170 Å². The highest BCUT2D eigenvalue weighted by Gasteiger charge is 2.13. The predicted molar refractivity (Wildman–Crippen MR) is 110 cm³/mol. The Morgan fingerprint density at radius 2 is 1.62 bits per heavy atom. The molecule has 1 saturated heterocycles. The maximum Gasteiger partial charge on any atom is 0.315 e. The Bertz CT molecular complexity index is 901. The highest BCUT2D eigenvalue weighted by atomic mass is 16.2. The average Bonchev–Trinajstić information content (AvgIpc) is 3.47. The van der Waals surface area contributed by atoms with Crippen LogP contribution in [0.25, 0.3) is 0 Å². The Morgan fingerprint density at radius 3 is 2.28 bits per heavy atom. The quantitative estimate of drug-likeness (QED) is 0.645. The second-order valence-corrected chi connectivity index (χ2v) is 7.16. The number of anilines is 1. The third kappa shape index (κ3) is 5.31. The molecule has 0 saturated carbocycles. The van der Waals surface area contributed by atoms with Crippen molar-refractivity contribution < 1.29 is 4.79 Å². The van der Waals surface area contributed by atoms with Gasteiger partial charge in [-0.25, -0.2) is 19.4 Å². The predicted octanol–water partition coefficient (Wildman–Crippen LogP) is 2.32. The van der Waals surface area contributed by atoms with Gasteiger partial charge in [0.2, 0.25) is 0 Å². The molecular weight excluding hydrogens is 366 g/mol. The van der Waals surface area contributed by atoms with E-state index in [0.717, 1.165) is 35.6 Å². The number of benzene rings is 1. The summed E-state index contributed by atoms with van der Waals surface area (Å²) in [7, 11) is 0. The van der Waals surface area contributed by atoms with E-state index < -0.39 is 0 Å². The summed E-state index contributed by atoms with van der Waals surface area (Å²) in [6.07, 6.45) is 7.51. The molecule has 0 aliphatic carbocycles. The van der Waals surface area contributed by atoms with Gasteiger partial charge in [-0.1, -0.05) is 30.3 Å². The van der Waals surface area contributed by atoms with E-state index >= 15 is 0 Å². The highest BCUT2D eigenvalue weighted by molar-refractivity contribution is 5.73. The van der Waals surface area contributed by atoms with Gasteiger partial charge >= 0.3 is 6.03 Å². The van der Waals surface area contributed by atoms with Gasteiger partial charge < -0.3 is 15.5 Å². The number of urea groups is 1. The van der Waals surface area contributed by atoms with Gasteiger partial charge in [-0.15, -0.1) is 0 Å². The molecule has 3 heterocycles. The maximum absolute atomic E-state index is 12.1. The van der Waals surface area contributed by atoms with E-state index in [1.54, 1.807) is 11.0 Å². The lowest BCUT2D eigenvalue weighted by Crippen LogP contribution is -2.34. The second kappa shape index (κ2) is 9.18. The van der Waals surface area contributed by atoms with Crippen molar-refractivity contribution in [2.75, 3.05) is 18.0 Å². The maximum atomic E-state index is 12.1. The van der Waals surface area contributed by atoms with Crippen LogP contribution in [0.2, 0.25) is 0 Å². The van der Waals surface area contributed by atoms with Crippen molar-refractivity contribution in [1.82, 2.24) is 30.4 Å². The number of amides is 2. The van der Waals surface area contributed by atoms with E-state index in [2.05, 4.69) is 30.6 Å². The standard InChI is InChI=1S/C21H25N7O/c29-21(25-13-19-7-8-20(23-12-19)27-9-1-2-10-27)24-11-17-3-5-18(6-4-17)14-28-16-22-15-26-28/h3-8,12,15-16H,1-2,9-11,13-14H2,(H2,24,25,29). The van der Waals surface area contributed by atoms with Crippen LogP contribution in [0.4, 0.5) is 10.6 Å². The van der Waals surface area contributed by atoms with E-state index in [9.17, 15) is 4.79 Å². The molecule has 1 aromatic carbocycles. The molecule has 0 bridgehead atoms. The van der Waals surface area contributed by atoms with Crippen molar-refractivity contribution >= 4 is 11.8 Å². The number of hydrogen-bond donors (Lipinski definition) is 2. The molecule has 8 heteroatoms. The van der Waals surface area contributed by atoms with Crippen LogP contribution in [0.15, 0.2) is 55.2 Å². The van der Waals surface area contributed by atoms with E-state index in [-0.39, 0.29) is 6.03 Å².